The van der Waals surface area contributed by atoms with Gasteiger partial charge in [-0.1, -0.05) is 42.0 Å². The van der Waals surface area contributed by atoms with E-state index in [1.54, 1.807) is 24.3 Å². The molecule has 1 N–H and O–H groups in total. The second-order valence-corrected chi connectivity index (χ2v) is 7.68. The van der Waals surface area contributed by atoms with Crippen molar-refractivity contribution in [1.29, 1.82) is 0 Å². The number of rotatable bonds is 4. The fraction of sp³-hybridized carbons (Fsp3) is 0.278. The van der Waals surface area contributed by atoms with Gasteiger partial charge in [-0.15, -0.1) is 0 Å². The molecule has 0 radical (unpaired) electrons. The van der Waals surface area contributed by atoms with Crippen LogP contribution in [0.3, 0.4) is 0 Å². The van der Waals surface area contributed by atoms with Crippen LogP contribution >= 0.6 is 0 Å². The molecule has 2 aromatic carbocycles. The van der Waals surface area contributed by atoms with Gasteiger partial charge in [0.15, 0.2) is 0 Å². The van der Waals surface area contributed by atoms with Gasteiger partial charge >= 0.3 is 5.97 Å². The third-order valence-electron chi connectivity index (χ3n) is 4.11. The molecule has 24 heavy (non-hydrogen) atoms. The average molecular weight is 345 g/mol. The van der Waals surface area contributed by atoms with Crippen LogP contribution in [0.15, 0.2) is 53.4 Å². The topological polar surface area (TPSA) is 72.5 Å². The molecule has 0 aromatic heterocycles. The van der Waals surface area contributed by atoms with Crippen LogP contribution in [-0.4, -0.2) is 20.5 Å². The van der Waals surface area contributed by atoms with E-state index in [9.17, 15) is 13.2 Å². The van der Waals surface area contributed by atoms with Crippen molar-refractivity contribution in [2.75, 3.05) is 0 Å². The maximum atomic E-state index is 12.7. The molecule has 2 atom stereocenters. The average Bonchev–Trinajstić information content (AvgIpc) is 2.84. The highest BCUT2D eigenvalue weighted by Crippen LogP contribution is 2.34. The molecule has 0 saturated carbocycles. The summed E-state index contributed by atoms with van der Waals surface area (Å²) in [5.41, 5.74) is 2.82. The number of hydrogen-bond donors (Lipinski definition) is 1. The number of carbonyl (C=O) groups excluding carboxylic acids is 1. The van der Waals surface area contributed by atoms with Gasteiger partial charge < -0.3 is 4.74 Å². The third kappa shape index (κ3) is 3.34. The van der Waals surface area contributed by atoms with Gasteiger partial charge in [-0.05, 0) is 30.2 Å². The summed E-state index contributed by atoms with van der Waals surface area (Å²) in [4.78, 5) is 11.6. The number of ether oxygens (including phenoxy) is 1. The summed E-state index contributed by atoms with van der Waals surface area (Å²) in [6.45, 7) is 3.22. The Bertz CT molecular complexity index is 859. The number of aryl methyl sites for hydroxylation is 1. The van der Waals surface area contributed by atoms with Crippen LogP contribution in [0.1, 0.15) is 29.7 Å². The van der Waals surface area contributed by atoms with Crippen molar-refractivity contribution < 1.29 is 17.9 Å². The van der Waals surface area contributed by atoms with Crippen molar-refractivity contribution in [1.82, 2.24) is 4.72 Å². The maximum Gasteiger partial charge on any atom is 0.302 e. The lowest BCUT2D eigenvalue weighted by Gasteiger charge is -2.21. The quantitative estimate of drug-likeness (QED) is 0.864. The van der Waals surface area contributed by atoms with Crippen molar-refractivity contribution in [3.63, 3.8) is 0 Å². The zero-order valence-corrected chi connectivity index (χ0v) is 14.3. The van der Waals surface area contributed by atoms with E-state index in [1.807, 2.05) is 31.2 Å². The number of benzene rings is 2. The fourth-order valence-corrected chi connectivity index (χ4v) is 4.22. The van der Waals surface area contributed by atoms with E-state index >= 15 is 0 Å². The molecule has 0 amide bonds. The Kier molecular flexibility index (Phi) is 4.43. The third-order valence-corrected chi connectivity index (χ3v) is 5.57. The lowest BCUT2D eigenvalue weighted by atomic mass is 10.1. The second kappa shape index (κ2) is 6.37. The van der Waals surface area contributed by atoms with Gasteiger partial charge in [-0.3, -0.25) is 4.79 Å². The van der Waals surface area contributed by atoms with E-state index in [0.29, 0.717) is 6.42 Å². The molecule has 0 fully saturated rings. The van der Waals surface area contributed by atoms with E-state index in [1.165, 1.54) is 6.92 Å². The van der Waals surface area contributed by atoms with Gasteiger partial charge in [0.1, 0.15) is 6.10 Å². The Labute approximate surface area is 141 Å². The minimum Gasteiger partial charge on any atom is -0.460 e. The summed E-state index contributed by atoms with van der Waals surface area (Å²) >= 11 is 0. The number of carbonyl (C=O) groups is 1. The second-order valence-electron chi connectivity index (χ2n) is 5.96. The highest BCUT2D eigenvalue weighted by Gasteiger charge is 2.37. The highest BCUT2D eigenvalue weighted by atomic mass is 32.2. The first kappa shape index (κ1) is 16.7. The Hall–Kier alpha value is -2.18. The first-order chi connectivity index (χ1) is 11.4. The van der Waals surface area contributed by atoms with E-state index in [-0.39, 0.29) is 4.90 Å². The lowest BCUT2D eigenvalue weighted by Crippen LogP contribution is -2.36. The molecule has 1 aliphatic carbocycles. The van der Waals surface area contributed by atoms with Gasteiger partial charge in [0, 0.05) is 13.3 Å². The molecule has 126 valence electrons. The summed E-state index contributed by atoms with van der Waals surface area (Å²) in [6, 6.07) is 13.6. The Morgan fingerprint density at radius 1 is 1.12 bits per heavy atom. The van der Waals surface area contributed by atoms with Crippen molar-refractivity contribution >= 4 is 16.0 Å². The molecule has 0 saturated heterocycles. The van der Waals surface area contributed by atoms with Crippen molar-refractivity contribution in [2.45, 2.75) is 37.3 Å². The van der Waals surface area contributed by atoms with Crippen molar-refractivity contribution in [3.8, 4) is 0 Å². The number of esters is 1. The molecule has 1 aliphatic rings. The van der Waals surface area contributed by atoms with Crippen molar-refractivity contribution in [3.05, 3.63) is 65.2 Å². The maximum absolute atomic E-state index is 12.7. The molecule has 0 spiro atoms. The number of sulfonamides is 1. The van der Waals surface area contributed by atoms with E-state index in [0.717, 1.165) is 16.7 Å². The predicted octanol–water partition coefficient (Wildman–Crippen LogP) is 2.50. The highest BCUT2D eigenvalue weighted by molar-refractivity contribution is 7.89. The Balaban J connectivity index is 1.93. The van der Waals surface area contributed by atoms with Gasteiger partial charge in [0.25, 0.3) is 0 Å². The van der Waals surface area contributed by atoms with Gasteiger partial charge in [-0.25, -0.2) is 8.42 Å². The molecule has 0 aliphatic heterocycles. The van der Waals surface area contributed by atoms with E-state index < -0.39 is 28.1 Å². The van der Waals surface area contributed by atoms with Crippen LogP contribution in [0.25, 0.3) is 0 Å². The first-order valence-corrected chi connectivity index (χ1v) is 9.19. The zero-order chi connectivity index (χ0) is 17.3. The summed E-state index contributed by atoms with van der Waals surface area (Å²) in [5.74, 6) is -0.424. The molecular formula is C18H19NO4S. The van der Waals surface area contributed by atoms with Crippen LogP contribution in [0.5, 0.6) is 0 Å². The monoisotopic (exact) mass is 345 g/mol. The smallest absolute Gasteiger partial charge is 0.302 e. The molecule has 3 rings (SSSR count). The summed E-state index contributed by atoms with van der Waals surface area (Å²) in [7, 11) is -3.71. The van der Waals surface area contributed by atoms with Crippen LogP contribution in [0.4, 0.5) is 0 Å². The van der Waals surface area contributed by atoms with E-state index in [4.69, 9.17) is 4.74 Å². The van der Waals surface area contributed by atoms with E-state index in [2.05, 4.69) is 4.72 Å². The van der Waals surface area contributed by atoms with Crippen LogP contribution in [-0.2, 0) is 26.0 Å². The van der Waals surface area contributed by atoms with Crippen LogP contribution < -0.4 is 4.72 Å². The molecule has 0 bridgehead atoms. The Morgan fingerprint density at radius 3 is 2.46 bits per heavy atom. The molecular weight excluding hydrogens is 326 g/mol. The zero-order valence-electron chi connectivity index (χ0n) is 13.5. The first-order valence-electron chi connectivity index (χ1n) is 7.71. The Morgan fingerprint density at radius 2 is 1.79 bits per heavy atom. The van der Waals surface area contributed by atoms with Crippen molar-refractivity contribution in [2.24, 2.45) is 0 Å². The molecule has 2 aromatic rings. The largest absolute Gasteiger partial charge is 0.460 e. The molecule has 0 unspecified atom stereocenters. The molecule has 5 nitrogen and oxygen atoms in total. The van der Waals surface area contributed by atoms with Gasteiger partial charge in [0.05, 0.1) is 10.9 Å². The normalized spacial score (nSPS) is 19.8. The number of hydrogen-bond acceptors (Lipinski definition) is 4. The van der Waals surface area contributed by atoms with Gasteiger partial charge in [-0.2, -0.15) is 4.72 Å². The number of nitrogens with one attached hydrogen (secondary N) is 1. The molecule has 6 heteroatoms. The number of fused-ring (bicyclic) bond motifs is 1. The predicted molar refractivity (Wildman–Crippen MR) is 89.9 cm³/mol. The van der Waals surface area contributed by atoms with Crippen LogP contribution in [0.2, 0.25) is 0 Å². The standard InChI is InChI=1S/C18H19NO4S/c1-12-7-9-15(10-8-12)24(21,22)19-18-16-6-4-3-5-14(16)11-17(18)23-13(2)20/h3-10,17-19H,11H2,1-2H3/t17-,18+/m0/s1. The lowest BCUT2D eigenvalue weighted by molar-refractivity contribution is -0.147. The molecule has 0 heterocycles. The van der Waals surface area contributed by atoms with Gasteiger partial charge in [0.2, 0.25) is 10.0 Å². The minimum atomic E-state index is -3.71. The minimum absolute atomic E-state index is 0.194. The summed E-state index contributed by atoms with van der Waals surface area (Å²) < 4.78 is 33.4. The van der Waals surface area contributed by atoms with Crippen LogP contribution in [0, 0.1) is 6.92 Å². The SMILES string of the molecule is CC(=O)O[C@H]1Cc2ccccc2[C@H]1NS(=O)(=O)c1ccc(C)cc1. The summed E-state index contributed by atoms with van der Waals surface area (Å²) in [6.07, 6.45) is -0.0447. The fourth-order valence-electron chi connectivity index (χ4n) is 2.97. The summed E-state index contributed by atoms with van der Waals surface area (Å²) in [5, 5.41) is 0.